The minimum Gasteiger partial charge on any atom is -0.487 e. The number of hydrogen-bond acceptors (Lipinski definition) is 7. The van der Waals surface area contributed by atoms with Crippen LogP contribution in [-0.4, -0.2) is 26.4 Å². The smallest absolute Gasteiger partial charge is 0.311 e. The zero-order valence-corrected chi connectivity index (χ0v) is 13.1. The molecular formula is C13H17N5O3S. The molecule has 0 saturated carbocycles. The van der Waals surface area contributed by atoms with Gasteiger partial charge in [-0.1, -0.05) is 31.7 Å². The third-order valence-corrected chi connectivity index (χ3v) is 3.73. The van der Waals surface area contributed by atoms with Gasteiger partial charge in [-0.15, -0.1) is 10.2 Å². The monoisotopic (exact) mass is 323 g/mol. The van der Waals surface area contributed by atoms with Gasteiger partial charge in [-0.05, 0) is 17.5 Å². The summed E-state index contributed by atoms with van der Waals surface area (Å²) in [7, 11) is 0. The molecule has 0 radical (unpaired) electrons. The van der Waals surface area contributed by atoms with Gasteiger partial charge in [0.1, 0.15) is 6.33 Å². The van der Waals surface area contributed by atoms with Crippen molar-refractivity contribution in [2.24, 2.45) is 5.92 Å². The van der Waals surface area contributed by atoms with Gasteiger partial charge in [0.25, 0.3) is 0 Å². The number of ether oxygens (including phenoxy) is 1. The van der Waals surface area contributed by atoms with Crippen molar-refractivity contribution < 1.29 is 9.66 Å². The van der Waals surface area contributed by atoms with E-state index in [2.05, 4.69) is 10.2 Å². The fourth-order valence-electron chi connectivity index (χ4n) is 1.66. The molecule has 0 aliphatic heterocycles. The lowest BCUT2D eigenvalue weighted by Crippen LogP contribution is -2.08. The molecule has 0 aliphatic carbocycles. The van der Waals surface area contributed by atoms with Crippen molar-refractivity contribution in [2.75, 3.05) is 12.4 Å². The van der Waals surface area contributed by atoms with E-state index in [0.717, 1.165) is 5.56 Å². The third kappa shape index (κ3) is 4.10. The van der Waals surface area contributed by atoms with Crippen molar-refractivity contribution in [1.29, 1.82) is 0 Å². The number of benzene rings is 1. The van der Waals surface area contributed by atoms with Gasteiger partial charge >= 0.3 is 5.69 Å². The molecule has 1 aromatic carbocycles. The number of nitrogen functional groups attached to an aromatic ring is 1. The van der Waals surface area contributed by atoms with Crippen LogP contribution in [0.4, 0.5) is 5.69 Å². The molecule has 118 valence electrons. The molecule has 0 bridgehead atoms. The van der Waals surface area contributed by atoms with Crippen molar-refractivity contribution >= 4 is 17.4 Å². The number of nitro benzene ring substituents is 1. The predicted octanol–water partition coefficient (Wildman–Crippen LogP) is 2.23. The number of nitro groups is 1. The van der Waals surface area contributed by atoms with Crippen molar-refractivity contribution in [3.63, 3.8) is 0 Å². The second-order valence-electron chi connectivity index (χ2n) is 5.07. The van der Waals surface area contributed by atoms with Crippen LogP contribution in [0.15, 0.2) is 29.7 Å². The molecule has 2 rings (SSSR count). The van der Waals surface area contributed by atoms with Gasteiger partial charge in [-0.3, -0.25) is 10.1 Å². The van der Waals surface area contributed by atoms with E-state index in [9.17, 15) is 10.1 Å². The summed E-state index contributed by atoms with van der Waals surface area (Å²) in [5.41, 5.74) is 0.754. The molecule has 0 fully saturated rings. The number of thioether (sulfide) groups is 1. The molecule has 2 N–H and O–H groups in total. The lowest BCUT2D eigenvalue weighted by Gasteiger charge is -2.10. The molecule has 1 heterocycles. The van der Waals surface area contributed by atoms with Crippen LogP contribution in [0.2, 0.25) is 0 Å². The molecule has 0 saturated heterocycles. The van der Waals surface area contributed by atoms with Crippen LogP contribution < -0.4 is 10.6 Å². The van der Waals surface area contributed by atoms with E-state index >= 15 is 0 Å². The minimum atomic E-state index is -0.435. The average molecular weight is 323 g/mol. The Balaban J connectivity index is 2.11. The number of nitrogens with zero attached hydrogens (tertiary/aromatic N) is 4. The Hall–Kier alpha value is -2.29. The molecule has 1 aromatic heterocycles. The molecule has 0 atom stereocenters. The topological polar surface area (TPSA) is 109 Å². The summed E-state index contributed by atoms with van der Waals surface area (Å²) in [5.74, 6) is 6.70. The highest BCUT2D eigenvalue weighted by Crippen LogP contribution is 2.30. The van der Waals surface area contributed by atoms with Crippen molar-refractivity contribution in [3.8, 4) is 5.75 Å². The van der Waals surface area contributed by atoms with Crippen molar-refractivity contribution in [1.82, 2.24) is 14.9 Å². The van der Waals surface area contributed by atoms with E-state index in [-0.39, 0.29) is 11.4 Å². The Labute approximate surface area is 131 Å². The second-order valence-corrected chi connectivity index (χ2v) is 6.02. The maximum Gasteiger partial charge on any atom is 0.311 e. The fraction of sp³-hybridized carbons (Fsp3) is 0.385. The van der Waals surface area contributed by atoms with Crippen LogP contribution in [0, 0.1) is 16.0 Å². The molecule has 2 aromatic rings. The van der Waals surface area contributed by atoms with Crippen LogP contribution in [-0.2, 0) is 5.75 Å². The van der Waals surface area contributed by atoms with Gasteiger partial charge in [0, 0.05) is 11.8 Å². The quantitative estimate of drug-likeness (QED) is 0.360. The van der Waals surface area contributed by atoms with Crippen LogP contribution in [0.3, 0.4) is 0 Å². The van der Waals surface area contributed by atoms with Gasteiger partial charge in [-0.25, -0.2) is 4.68 Å². The standard InChI is InChI=1S/C13H17N5O3S/c1-9(2)6-21-12-4-3-10(5-11(12)18(19)20)7-22-13-16-15-8-17(13)14/h3-5,8-9H,6-7,14H2,1-2H3. The first-order valence-corrected chi connectivity index (χ1v) is 7.64. The van der Waals surface area contributed by atoms with Crippen LogP contribution >= 0.6 is 11.8 Å². The van der Waals surface area contributed by atoms with E-state index in [4.69, 9.17) is 10.6 Å². The molecular weight excluding hydrogens is 306 g/mol. The van der Waals surface area contributed by atoms with Crippen molar-refractivity contribution in [2.45, 2.75) is 24.8 Å². The number of hydrogen-bond donors (Lipinski definition) is 1. The van der Waals surface area contributed by atoms with Crippen LogP contribution in [0.25, 0.3) is 0 Å². The van der Waals surface area contributed by atoms with Crippen LogP contribution in [0.5, 0.6) is 5.75 Å². The first-order chi connectivity index (χ1) is 10.5. The Morgan fingerprint density at radius 1 is 1.50 bits per heavy atom. The van der Waals surface area contributed by atoms with Crippen molar-refractivity contribution in [3.05, 3.63) is 40.2 Å². The molecule has 0 spiro atoms. The third-order valence-electron chi connectivity index (χ3n) is 2.70. The number of nitrogens with two attached hydrogens (primary N) is 1. The SMILES string of the molecule is CC(C)COc1ccc(CSc2nncn2N)cc1[N+](=O)[O-]. The van der Waals surface area contributed by atoms with Gasteiger partial charge in [-0.2, -0.15) is 0 Å². The van der Waals surface area contributed by atoms with E-state index < -0.39 is 4.92 Å². The first kappa shape index (κ1) is 16.1. The summed E-state index contributed by atoms with van der Waals surface area (Å²) in [5, 5.41) is 19.2. The molecule has 0 unspecified atom stereocenters. The number of rotatable bonds is 7. The van der Waals surface area contributed by atoms with Crippen LogP contribution in [0.1, 0.15) is 19.4 Å². The van der Waals surface area contributed by atoms with Gasteiger partial charge in [0.05, 0.1) is 11.5 Å². The Morgan fingerprint density at radius 2 is 2.27 bits per heavy atom. The largest absolute Gasteiger partial charge is 0.487 e. The Kier molecular flexibility index (Phi) is 5.21. The average Bonchev–Trinajstić information content (AvgIpc) is 2.88. The highest BCUT2D eigenvalue weighted by Gasteiger charge is 2.17. The van der Waals surface area contributed by atoms with E-state index in [1.54, 1.807) is 12.1 Å². The lowest BCUT2D eigenvalue weighted by molar-refractivity contribution is -0.385. The highest BCUT2D eigenvalue weighted by atomic mass is 32.2. The summed E-state index contributed by atoms with van der Waals surface area (Å²) in [6, 6.07) is 4.94. The number of aromatic nitrogens is 3. The molecule has 8 nitrogen and oxygen atoms in total. The zero-order chi connectivity index (χ0) is 16.1. The second kappa shape index (κ2) is 7.12. The molecule has 0 amide bonds. The summed E-state index contributed by atoms with van der Waals surface area (Å²) < 4.78 is 6.79. The van der Waals surface area contributed by atoms with E-state index in [0.29, 0.717) is 23.4 Å². The minimum absolute atomic E-state index is 0.0343. The first-order valence-electron chi connectivity index (χ1n) is 6.65. The summed E-state index contributed by atoms with van der Waals surface area (Å²) in [4.78, 5) is 10.7. The maximum atomic E-state index is 11.2. The maximum absolute atomic E-state index is 11.2. The van der Waals surface area contributed by atoms with E-state index in [1.807, 2.05) is 13.8 Å². The van der Waals surface area contributed by atoms with Gasteiger partial charge < -0.3 is 10.6 Å². The predicted molar refractivity (Wildman–Crippen MR) is 83.2 cm³/mol. The Bertz CT molecular complexity index is 659. The molecule has 0 aliphatic rings. The van der Waals surface area contributed by atoms with Gasteiger partial charge in [0.2, 0.25) is 5.16 Å². The normalized spacial score (nSPS) is 10.9. The Morgan fingerprint density at radius 3 is 2.86 bits per heavy atom. The zero-order valence-electron chi connectivity index (χ0n) is 12.3. The summed E-state index contributed by atoms with van der Waals surface area (Å²) in [6.07, 6.45) is 1.40. The summed E-state index contributed by atoms with van der Waals surface area (Å²) >= 11 is 1.35. The fourth-order valence-corrected chi connectivity index (χ4v) is 2.43. The van der Waals surface area contributed by atoms with Gasteiger partial charge in [0.15, 0.2) is 5.75 Å². The highest BCUT2D eigenvalue weighted by molar-refractivity contribution is 7.98. The molecule has 9 heteroatoms. The van der Waals surface area contributed by atoms with E-state index in [1.165, 1.54) is 28.8 Å². The lowest BCUT2D eigenvalue weighted by atomic mass is 10.2. The summed E-state index contributed by atoms with van der Waals surface area (Å²) in [6.45, 7) is 4.41. The molecule has 22 heavy (non-hydrogen) atoms.